The zero-order chi connectivity index (χ0) is 17.5. The van der Waals surface area contributed by atoms with Crippen molar-refractivity contribution in [2.45, 2.75) is 16.8 Å². The Morgan fingerprint density at radius 2 is 1.62 bits per heavy atom. The number of halogens is 3. The second-order valence-electron chi connectivity index (χ2n) is 5.58. The van der Waals surface area contributed by atoms with Gasteiger partial charge in [-0.25, -0.2) is 8.42 Å². The fourth-order valence-corrected chi connectivity index (χ4v) is 4.25. The minimum Gasteiger partial charge on any atom is -0.349 e. The molecule has 24 heavy (non-hydrogen) atoms. The minimum atomic E-state index is -4.44. The molecular weight excluding hydrogens is 339 g/mol. The number of aromatic nitrogens is 1. The van der Waals surface area contributed by atoms with Gasteiger partial charge in [-0.1, -0.05) is 30.3 Å². The molecule has 2 aromatic carbocycles. The smallest absolute Gasteiger partial charge is 0.349 e. The maximum absolute atomic E-state index is 12.7. The molecule has 0 aliphatic rings. The molecule has 0 saturated heterocycles. The lowest BCUT2D eigenvalue weighted by atomic mass is 10.1. The van der Waals surface area contributed by atoms with Gasteiger partial charge in [0.1, 0.15) is 0 Å². The highest BCUT2D eigenvalue weighted by Gasteiger charge is 2.30. The lowest BCUT2D eigenvalue weighted by molar-refractivity contribution is -0.137. The molecule has 126 valence electrons. The second-order valence-corrected chi connectivity index (χ2v) is 7.53. The number of sulfone groups is 1. The first-order valence-corrected chi connectivity index (χ1v) is 8.77. The second kappa shape index (κ2) is 5.66. The molecule has 0 saturated carbocycles. The molecule has 0 aliphatic heterocycles. The number of benzene rings is 2. The van der Waals surface area contributed by atoms with E-state index in [1.54, 1.807) is 23.7 Å². The van der Waals surface area contributed by atoms with Gasteiger partial charge in [0.25, 0.3) is 0 Å². The molecule has 0 bridgehead atoms. The predicted octanol–water partition coefficient (Wildman–Crippen LogP) is 4.17. The van der Waals surface area contributed by atoms with Crippen LogP contribution in [0, 0.1) is 0 Å². The van der Waals surface area contributed by atoms with Crippen molar-refractivity contribution < 1.29 is 21.6 Å². The van der Waals surface area contributed by atoms with Crippen molar-refractivity contribution >= 4 is 20.7 Å². The van der Waals surface area contributed by atoms with E-state index in [4.69, 9.17) is 0 Å². The molecule has 0 N–H and O–H groups in total. The molecule has 3 aromatic rings. The van der Waals surface area contributed by atoms with E-state index < -0.39 is 21.6 Å². The van der Waals surface area contributed by atoms with Crippen molar-refractivity contribution in [2.24, 2.45) is 7.05 Å². The Balaban J connectivity index is 1.96. The molecule has 0 spiro atoms. The van der Waals surface area contributed by atoms with E-state index in [1.807, 2.05) is 12.1 Å². The Morgan fingerprint density at radius 1 is 1.00 bits per heavy atom. The molecule has 0 amide bonds. The summed E-state index contributed by atoms with van der Waals surface area (Å²) < 4.78 is 64.8. The average molecular weight is 353 g/mol. The Labute approximate surface area is 137 Å². The number of aryl methyl sites for hydroxylation is 1. The highest BCUT2D eigenvalue weighted by atomic mass is 32.2. The molecule has 0 radical (unpaired) electrons. The number of hydrogen-bond donors (Lipinski definition) is 0. The molecule has 3 nitrogen and oxygen atoms in total. The van der Waals surface area contributed by atoms with E-state index in [0.29, 0.717) is 10.9 Å². The van der Waals surface area contributed by atoms with Crippen LogP contribution >= 0.6 is 0 Å². The van der Waals surface area contributed by atoms with E-state index >= 15 is 0 Å². The highest BCUT2D eigenvalue weighted by molar-refractivity contribution is 7.90. The number of rotatable bonds is 3. The molecule has 7 heteroatoms. The maximum Gasteiger partial charge on any atom is 0.416 e. The Bertz CT molecular complexity index is 987. The lowest BCUT2D eigenvalue weighted by Gasteiger charge is -2.08. The van der Waals surface area contributed by atoms with Crippen molar-refractivity contribution in [3.63, 3.8) is 0 Å². The maximum atomic E-state index is 12.7. The summed E-state index contributed by atoms with van der Waals surface area (Å²) in [6.07, 6.45) is -2.91. The molecule has 1 heterocycles. The van der Waals surface area contributed by atoms with E-state index in [9.17, 15) is 21.6 Å². The average Bonchev–Trinajstić information content (AvgIpc) is 2.85. The first-order valence-electron chi connectivity index (χ1n) is 7.11. The SMILES string of the molecule is Cn1cc(S(=O)(=O)Cc2ccc(C(F)(F)F)cc2)c2ccccc21. The van der Waals surface area contributed by atoms with E-state index in [0.717, 1.165) is 17.6 Å². The van der Waals surface area contributed by atoms with Gasteiger partial charge in [0.05, 0.1) is 16.2 Å². The van der Waals surface area contributed by atoms with Gasteiger partial charge in [-0.05, 0) is 23.8 Å². The van der Waals surface area contributed by atoms with Crippen molar-refractivity contribution in [2.75, 3.05) is 0 Å². The van der Waals surface area contributed by atoms with Crippen LogP contribution in [0.2, 0.25) is 0 Å². The summed E-state index contributed by atoms with van der Waals surface area (Å²) in [6.45, 7) is 0. The molecule has 0 unspecified atom stereocenters. The van der Waals surface area contributed by atoms with Crippen molar-refractivity contribution in [1.29, 1.82) is 0 Å². The Morgan fingerprint density at radius 3 is 2.25 bits per heavy atom. The number of alkyl halides is 3. The van der Waals surface area contributed by atoms with Crippen LogP contribution in [0.15, 0.2) is 59.6 Å². The first-order chi connectivity index (χ1) is 11.2. The summed E-state index contributed by atoms with van der Waals surface area (Å²) in [5.74, 6) is -0.348. The van der Waals surface area contributed by atoms with Crippen molar-refractivity contribution in [3.05, 3.63) is 65.9 Å². The summed E-state index contributed by atoms with van der Waals surface area (Å²) in [5, 5.41) is 0.604. The molecule has 3 rings (SSSR count). The summed E-state index contributed by atoms with van der Waals surface area (Å²) >= 11 is 0. The van der Waals surface area contributed by atoms with E-state index in [1.165, 1.54) is 18.3 Å². The molecule has 0 atom stereocenters. The number of hydrogen-bond acceptors (Lipinski definition) is 2. The van der Waals surface area contributed by atoms with E-state index in [-0.39, 0.29) is 10.6 Å². The largest absolute Gasteiger partial charge is 0.416 e. The normalized spacial score (nSPS) is 12.7. The molecular formula is C17H14F3NO2S. The summed E-state index contributed by atoms with van der Waals surface area (Å²) in [4.78, 5) is 0.181. The van der Waals surface area contributed by atoms with Gasteiger partial charge in [-0.3, -0.25) is 0 Å². The van der Waals surface area contributed by atoms with Gasteiger partial charge in [0, 0.05) is 24.1 Å². The van der Waals surface area contributed by atoms with Crippen LogP contribution < -0.4 is 0 Å². The van der Waals surface area contributed by atoms with Crippen LogP contribution in [0.4, 0.5) is 13.2 Å². The predicted molar refractivity (Wildman–Crippen MR) is 85.3 cm³/mol. The third kappa shape index (κ3) is 3.03. The fourth-order valence-electron chi connectivity index (χ4n) is 2.64. The van der Waals surface area contributed by atoms with Crippen molar-refractivity contribution in [1.82, 2.24) is 4.57 Å². The standard InChI is InChI=1S/C17H14F3NO2S/c1-21-10-16(14-4-2-3-5-15(14)21)24(22,23)11-12-6-8-13(9-7-12)17(18,19)20/h2-10H,11H2,1H3. The zero-order valence-corrected chi connectivity index (χ0v) is 13.5. The van der Waals surface area contributed by atoms with Gasteiger partial charge < -0.3 is 4.57 Å². The quantitative estimate of drug-likeness (QED) is 0.709. The summed E-state index contributed by atoms with van der Waals surface area (Å²) in [7, 11) is -1.92. The van der Waals surface area contributed by atoms with Gasteiger partial charge in [-0.2, -0.15) is 13.2 Å². The van der Waals surface area contributed by atoms with Gasteiger partial charge in [0.2, 0.25) is 0 Å². The topological polar surface area (TPSA) is 39.1 Å². The Hall–Kier alpha value is -2.28. The summed E-state index contributed by atoms with van der Waals surface area (Å²) in [6, 6.07) is 11.3. The monoisotopic (exact) mass is 353 g/mol. The number of fused-ring (bicyclic) bond motifs is 1. The fraction of sp³-hybridized carbons (Fsp3) is 0.176. The number of para-hydroxylation sites is 1. The Kier molecular flexibility index (Phi) is 3.91. The molecule has 1 aromatic heterocycles. The zero-order valence-electron chi connectivity index (χ0n) is 12.7. The number of nitrogens with zero attached hydrogens (tertiary/aromatic N) is 1. The van der Waals surface area contributed by atoms with Crippen LogP contribution in [0.5, 0.6) is 0 Å². The highest BCUT2D eigenvalue weighted by Crippen LogP contribution is 2.30. The third-order valence-electron chi connectivity index (χ3n) is 3.83. The third-order valence-corrected chi connectivity index (χ3v) is 5.54. The van der Waals surface area contributed by atoms with Crippen LogP contribution in [0.25, 0.3) is 10.9 Å². The van der Waals surface area contributed by atoms with E-state index in [2.05, 4.69) is 0 Å². The first kappa shape index (κ1) is 16.6. The van der Waals surface area contributed by atoms with Crippen LogP contribution in [-0.4, -0.2) is 13.0 Å². The van der Waals surface area contributed by atoms with Crippen LogP contribution in [0.1, 0.15) is 11.1 Å². The minimum absolute atomic E-state index is 0.181. The van der Waals surface area contributed by atoms with Gasteiger partial charge >= 0.3 is 6.18 Å². The van der Waals surface area contributed by atoms with Gasteiger partial charge in [0.15, 0.2) is 9.84 Å². The van der Waals surface area contributed by atoms with Gasteiger partial charge in [-0.15, -0.1) is 0 Å². The van der Waals surface area contributed by atoms with Crippen molar-refractivity contribution in [3.8, 4) is 0 Å². The van der Waals surface area contributed by atoms with Crippen LogP contribution in [-0.2, 0) is 28.8 Å². The summed E-state index contributed by atoms with van der Waals surface area (Å²) in [5.41, 5.74) is 0.299. The molecule has 0 aliphatic carbocycles. The molecule has 0 fully saturated rings. The van der Waals surface area contributed by atoms with Crippen LogP contribution in [0.3, 0.4) is 0 Å². The lowest BCUT2D eigenvalue weighted by Crippen LogP contribution is -2.07.